The van der Waals surface area contributed by atoms with Crippen molar-refractivity contribution in [2.24, 2.45) is 0 Å². The summed E-state index contributed by atoms with van der Waals surface area (Å²) in [5.41, 5.74) is 4.64. The van der Waals surface area contributed by atoms with E-state index < -0.39 is 0 Å². The van der Waals surface area contributed by atoms with E-state index in [0.29, 0.717) is 0 Å². The number of nitrogens with one attached hydrogen (secondary N) is 1. The summed E-state index contributed by atoms with van der Waals surface area (Å²) in [5, 5.41) is 8.06. The molecule has 0 saturated carbocycles. The molecule has 4 aromatic heterocycles. The van der Waals surface area contributed by atoms with Gasteiger partial charge in [0.05, 0.1) is 23.8 Å². The second kappa shape index (κ2) is 8.31. The van der Waals surface area contributed by atoms with Crippen LogP contribution in [0, 0.1) is 13.8 Å². The fraction of sp³-hybridized carbons (Fsp3) is 0.227. The van der Waals surface area contributed by atoms with Gasteiger partial charge in [0.1, 0.15) is 5.01 Å². The monoisotopic (exact) mass is 422 g/mol. The Morgan fingerprint density at radius 2 is 2.10 bits per heavy atom. The third kappa shape index (κ3) is 4.16. The molecule has 0 radical (unpaired) electrons. The smallest absolute Gasteiger partial charge is 0.253 e. The van der Waals surface area contributed by atoms with E-state index >= 15 is 0 Å². The molecule has 1 atom stereocenters. The molecule has 1 N–H and O–H groups in total. The summed E-state index contributed by atoms with van der Waals surface area (Å²) in [6.07, 6.45) is 3.54. The molecule has 0 aliphatic carbocycles. The highest BCUT2D eigenvalue weighted by atomic mass is 32.1. The number of thiophene rings is 1. The summed E-state index contributed by atoms with van der Waals surface area (Å²) in [6, 6.07) is 9.85. The first-order valence-electron chi connectivity index (χ1n) is 9.38. The van der Waals surface area contributed by atoms with Crippen molar-refractivity contribution in [1.29, 1.82) is 0 Å². The van der Waals surface area contributed by atoms with Gasteiger partial charge in [-0.05, 0) is 50.4 Å². The number of rotatable bonds is 6. The summed E-state index contributed by atoms with van der Waals surface area (Å²) in [6.45, 7) is 6.81. The van der Waals surface area contributed by atoms with Crippen LogP contribution in [-0.4, -0.2) is 20.4 Å². The fourth-order valence-corrected chi connectivity index (χ4v) is 4.83. The van der Waals surface area contributed by atoms with Gasteiger partial charge >= 0.3 is 0 Å². The lowest BCUT2D eigenvalue weighted by Gasteiger charge is -2.12. The highest BCUT2D eigenvalue weighted by Crippen LogP contribution is 2.26. The van der Waals surface area contributed by atoms with E-state index in [1.54, 1.807) is 35.1 Å². The third-order valence-corrected chi connectivity index (χ3v) is 6.80. The number of hydrogen-bond donors (Lipinski definition) is 1. The molecular weight excluding hydrogens is 400 g/mol. The zero-order chi connectivity index (χ0) is 20.4. The summed E-state index contributed by atoms with van der Waals surface area (Å²) in [7, 11) is 0. The largest absolute Gasteiger partial charge is 0.343 e. The summed E-state index contributed by atoms with van der Waals surface area (Å²) in [5.74, 6) is -0.0684. The zero-order valence-corrected chi connectivity index (χ0v) is 18.2. The number of carbonyl (C=O) groups is 1. The van der Waals surface area contributed by atoms with E-state index in [1.165, 1.54) is 4.88 Å². The van der Waals surface area contributed by atoms with E-state index in [9.17, 15) is 4.79 Å². The van der Waals surface area contributed by atoms with Crippen LogP contribution in [-0.2, 0) is 6.54 Å². The van der Waals surface area contributed by atoms with Gasteiger partial charge in [0.2, 0.25) is 0 Å². The minimum atomic E-state index is -0.168. The molecule has 1 amide bonds. The van der Waals surface area contributed by atoms with E-state index in [1.807, 2.05) is 44.4 Å². The minimum Gasteiger partial charge on any atom is -0.343 e. The molecule has 0 aromatic carbocycles. The fourth-order valence-electron chi connectivity index (χ4n) is 3.30. The molecule has 0 aliphatic rings. The van der Waals surface area contributed by atoms with Crippen LogP contribution in [0.5, 0.6) is 0 Å². The van der Waals surface area contributed by atoms with Gasteiger partial charge in [-0.3, -0.25) is 9.78 Å². The van der Waals surface area contributed by atoms with Crippen LogP contribution in [0.2, 0.25) is 0 Å². The van der Waals surface area contributed by atoms with Gasteiger partial charge in [-0.2, -0.15) is 0 Å². The van der Waals surface area contributed by atoms with Crippen LogP contribution >= 0.6 is 22.7 Å². The number of carbonyl (C=O) groups excluding carboxylic acids is 1. The summed E-state index contributed by atoms with van der Waals surface area (Å²) >= 11 is 3.28. The number of amides is 1. The first kappa shape index (κ1) is 19.5. The molecule has 4 heterocycles. The molecule has 4 aromatic rings. The van der Waals surface area contributed by atoms with Crippen LogP contribution in [0.1, 0.15) is 44.6 Å². The van der Waals surface area contributed by atoms with Crippen molar-refractivity contribution in [3.8, 4) is 11.3 Å². The van der Waals surface area contributed by atoms with Crippen LogP contribution in [0.25, 0.3) is 11.3 Å². The lowest BCUT2D eigenvalue weighted by atomic mass is 10.2. The van der Waals surface area contributed by atoms with Gasteiger partial charge in [0.25, 0.3) is 5.91 Å². The topological polar surface area (TPSA) is 59.8 Å². The molecule has 0 bridgehead atoms. The van der Waals surface area contributed by atoms with Crippen molar-refractivity contribution in [1.82, 2.24) is 19.9 Å². The van der Waals surface area contributed by atoms with Gasteiger partial charge in [0.15, 0.2) is 0 Å². The number of aromatic nitrogens is 3. The van der Waals surface area contributed by atoms with E-state index in [2.05, 4.69) is 37.4 Å². The lowest BCUT2D eigenvalue weighted by Crippen LogP contribution is -2.27. The predicted molar refractivity (Wildman–Crippen MR) is 119 cm³/mol. The number of pyridine rings is 1. The number of aryl methyl sites for hydroxylation is 1. The van der Waals surface area contributed by atoms with Crippen molar-refractivity contribution in [3.05, 3.63) is 80.3 Å². The first-order valence-corrected chi connectivity index (χ1v) is 11.1. The quantitative estimate of drug-likeness (QED) is 0.463. The van der Waals surface area contributed by atoms with Crippen LogP contribution in [0.3, 0.4) is 0 Å². The highest BCUT2D eigenvalue weighted by molar-refractivity contribution is 7.10. The molecular formula is C22H22N4OS2. The zero-order valence-electron chi connectivity index (χ0n) is 16.5. The van der Waals surface area contributed by atoms with Crippen molar-refractivity contribution in [3.63, 3.8) is 0 Å². The molecule has 4 rings (SSSR count). The van der Waals surface area contributed by atoms with E-state index in [0.717, 1.165) is 39.8 Å². The molecule has 0 aliphatic heterocycles. The molecule has 7 heteroatoms. The highest BCUT2D eigenvalue weighted by Gasteiger charge is 2.20. The van der Waals surface area contributed by atoms with Crippen molar-refractivity contribution in [2.75, 3.05) is 0 Å². The van der Waals surface area contributed by atoms with Gasteiger partial charge < -0.3 is 9.88 Å². The van der Waals surface area contributed by atoms with E-state index in [-0.39, 0.29) is 11.9 Å². The lowest BCUT2D eigenvalue weighted by molar-refractivity contribution is 0.0939. The van der Waals surface area contributed by atoms with E-state index in [4.69, 9.17) is 0 Å². The molecule has 5 nitrogen and oxygen atoms in total. The molecule has 0 saturated heterocycles. The Labute approximate surface area is 178 Å². The van der Waals surface area contributed by atoms with Crippen molar-refractivity contribution >= 4 is 28.6 Å². The Hall–Kier alpha value is -2.77. The molecule has 148 valence electrons. The summed E-state index contributed by atoms with van der Waals surface area (Å²) < 4.78 is 2.19. The van der Waals surface area contributed by atoms with Gasteiger partial charge in [-0.25, -0.2) is 4.98 Å². The second-order valence-electron chi connectivity index (χ2n) is 6.96. The molecule has 1 unspecified atom stereocenters. The van der Waals surface area contributed by atoms with Crippen LogP contribution in [0.4, 0.5) is 0 Å². The SMILES string of the molecule is Cc1cc(C(=O)NC(C)c2nc(-c3cccnc3)cs2)c(C)n1Cc1cccs1. The van der Waals surface area contributed by atoms with Crippen molar-refractivity contribution < 1.29 is 4.79 Å². The average Bonchev–Trinajstić information content (AvgIpc) is 3.46. The Morgan fingerprint density at radius 3 is 2.83 bits per heavy atom. The average molecular weight is 423 g/mol. The van der Waals surface area contributed by atoms with Gasteiger partial charge in [-0.15, -0.1) is 22.7 Å². The maximum absolute atomic E-state index is 12.9. The molecule has 29 heavy (non-hydrogen) atoms. The summed E-state index contributed by atoms with van der Waals surface area (Å²) in [4.78, 5) is 23.0. The van der Waals surface area contributed by atoms with Crippen LogP contribution < -0.4 is 5.32 Å². The van der Waals surface area contributed by atoms with Crippen molar-refractivity contribution in [2.45, 2.75) is 33.4 Å². The maximum atomic E-state index is 12.9. The number of thiazole rings is 1. The Balaban J connectivity index is 1.49. The Morgan fingerprint density at radius 1 is 1.24 bits per heavy atom. The second-order valence-corrected chi connectivity index (χ2v) is 8.88. The van der Waals surface area contributed by atoms with Gasteiger partial charge in [-0.1, -0.05) is 6.07 Å². The van der Waals surface area contributed by atoms with Gasteiger partial charge in [0, 0.05) is 39.6 Å². The minimum absolute atomic E-state index is 0.0684. The molecule has 0 spiro atoms. The van der Waals surface area contributed by atoms with Crippen LogP contribution in [0.15, 0.2) is 53.5 Å². The third-order valence-electron chi connectivity index (χ3n) is 4.91. The maximum Gasteiger partial charge on any atom is 0.253 e. The predicted octanol–water partition coefficient (Wildman–Crippen LogP) is 5.22. The molecule has 0 fully saturated rings. The normalized spacial score (nSPS) is 12.1. The first-order chi connectivity index (χ1) is 14.0. The number of hydrogen-bond acceptors (Lipinski definition) is 5. The Bertz CT molecular complexity index is 1110. The Kier molecular flexibility index (Phi) is 5.60. The number of nitrogens with zero attached hydrogens (tertiary/aromatic N) is 3. The standard InChI is InChI=1S/C22H22N4OS2/c1-14-10-19(16(3)26(14)12-18-7-5-9-28-18)21(27)24-15(2)22-25-20(13-29-22)17-6-4-8-23-11-17/h4-11,13,15H,12H2,1-3H3,(H,24,27).